The van der Waals surface area contributed by atoms with Crippen molar-refractivity contribution in [3.05, 3.63) is 35.4 Å². The van der Waals surface area contributed by atoms with Crippen LogP contribution in [0.4, 0.5) is 0 Å². The van der Waals surface area contributed by atoms with Gasteiger partial charge in [0.1, 0.15) is 5.54 Å². The van der Waals surface area contributed by atoms with Crippen molar-refractivity contribution in [1.29, 1.82) is 5.26 Å². The van der Waals surface area contributed by atoms with E-state index in [0.29, 0.717) is 0 Å². The van der Waals surface area contributed by atoms with Gasteiger partial charge in [-0.05, 0) is 37.3 Å². The number of hydrogen-bond donors (Lipinski definition) is 1. The molecule has 1 aliphatic rings. The SMILES string of the molecule is CC(N)(C#N)CCN1CCc2ccccc2CC1. The Morgan fingerprint density at radius 2 is 1.83 bits per heavy atom. The molecular formula is C15H21N3. The molecule has 0 fully saturated rings. The summed E-state index contributed by atoms with van der Waals surface area (Å²) < 4.78 is 0. The first-order chi connectivity index (χ1) is 8.61. The van der Waals surface area contributed by atoms with Gasteiger partial charge < -0.3 is 10.6 Å². The highest BCUT2D eigenvalue weighted by Gasteiger charge is 2.20. The summed E-state index contributed by atoms with van der Waals surface area (Å²) in [6.07, 6.45) is 2.94. The fraction of sp³-hybridized carbons (Fsp3) is 0.533. The molecule has 3 heteroatoms. The number of nitrogens with two attached hydrogens (primary N) is 1. The summed E-state index contributed by atoms with van der Waals surface area (Å²) in [5.74, 6) is 0. The van der Waals surface area contributed by atoms with Crippen LogP contribution >= 0.6 is 0 Å². The Kier molecular flexibility index (Phi) is 4.00. The van der Waals surface area contributed by atoms with E-state index in [-0.39, 0.29) is 0 Å². The molecule has 1 aliphatic heterocycles. The second-order valence-corrected chi connectivity index (χ2v) is 5.39. The summed E-state index contributed by atoms with van der Waals surface area (Å²) in [4.78, 5) is 2.42. The summed E-state index contributed by atoms with van der Waals surface area (Å²) in [6, 6.07) is 10.8. The zero-order valence-corrected chi connectivity index (χ0v) is 11.0. The van der Waals surface area contributed by atoms with Gasteiger partial charge in [-0.3, -0.25) is 0 Å². The molecule has 0 aliphatic carbocycles. The lowest BCUT2D eigenvalue weighted by atomic mass is 10.0. The van der Waals surface area contributed by atoms with Crippen LogP contribution in [-0.2, 0) is 12.8 Å². The van der Waals surface area contributed by atoms with Crippen molar-refractivity contribution in [1.82, 2.24) is 4.90 Å². The van der Waals surface area contributed by atoms with Gasteiger partial charge in [-0.2, -0.15) is 5.26 Å². The molecule has 1 heterocycles. The van der Waals surface area contributed by atoms with E-state index in [0.717, 1.165) is 38.9 Å². The van der Waals surface area contributed by atoms with E-state index in [1.165, 1.54) is 11.1 Å². The second kappa shape index (κ2) is 5.51. The third kappa shape index (κ3) is 3.32. The van der Waals surface area contributed by atoms with Gasteiger partial charge in [0, 0.05) is 19.6 Å². The molecule has 18 heavy (non-hydrogen) atoms. The molecule has 0 spiro atoms. The van der Waals surface area contributed by atoms with Gasteiger partial charge in [0.05, 0.1) is 6.07 Å². The first kappa shape index (κ1) is 13.1. The lowest BCUT2D eigenvalue weighted by molar-refractivity contribution is 0.267. The van der Waals surface area contributed by atoms with Crippen LogP contribution in [0.1, 0.15) is 24.5 Å². The second-order valence-electron chi connectivity index (χ2n) is 5.39. The Hall–Kier alpha value is -1.37. The summed E-state index contributed by atoms with van der Waals surface area (Å²) in [7, 11) is 0. The Morgan fingerprint density at radius 3 is 2.33 bits per heavy atom. The molecule has 2 N–H and O–H groups in total. The first-order valence-corrected chi connectivity index (χ1v) is 6.60. The predicted octanol–water partition coefficient (Wildman–Crippen LogP) is 1.72. The lowest BCUT2D eigenvalue weighted by Gasteiger charge is -2.23. The van der Waals surface area contributed by atoms with Crippen LogP contribution in [0.2, 0.25) is 0 Å². The van der Waals surface area contributed by atoms with Gasteiger partial charge in [0.15, 0.2) is 0 Å². The molecule has 3 nitrogen and oxygen atoms in total. The van der Waals surface area contributed by atoms with Crippen molar-refractivity contribution in [3.8, 4) is 6.07 Å². The van der Waals surface area contributed by atoms with E-state index < -0.39 is 5.54 Å². The van der Waals surface area contributed by atoms with Crippen molar-refractivity contribution in [3.63, 3.8) is 0 Å². The average Bonchev–Trinajstić information content (AvgIpc) is 2.59. The van der Waals surface area contributed by atoms with E-state index >= 15 is 0 Å². The number of rotatable bonds is 3. The van der Waals surface area contributed by atoms with Gasteiger partial charge in [-0.25, -0.2) is 0 Å². The number of benzene rings is 1. The van der Waals surface area contributed by atoms with Crippen molar-refractivity contribution in [2.24, 2.45) is 5.73 Å². The number of nitrogens with zero attached hydrogens (tertiary/aromatic N) is 2. The van der Waals surface area contributed by atoms with Gasteiger partial charge >= 0.3 is 0 Å². The molecule has 1 unspecified atom stereocenters. The highest BCUT2D eigenvalue weighted by Crippen LogP contribution is 2.16. The topological polar surface area (TPSA) is 53.1 Å². The quantitative estimate of drug-likeness (QED) is 0.879. The van der Waals surface area contributed by atoms with E-state index in [2.05, 4.69) is 35.2 Å². The van der Waals surface area contributed by atoms with Crippen LogP contribution in [0.15, 0.2) is 24.3 Å². The minimum absolute atomic E-state index is 0.695. The van der Waals surface area contributed by atoms with E-state index in [4.69, 9.17) is 11.0 Å². The van der Waals surface area contributed by atoms with Crippen LogP contribution in [0.3, 0.4) is 0 Å². The minimum Gasteiger partial charge on any atom is -0.314 e. The molecular weight excluding hydrogens is 222 g/mol. The number of nitriles is 1. The van der Waals surface area contributed by atoms with Gasteiger partial charge in [0.25, 0.3) is 0 Å². The summed E-state index contributed by atoms with van der Waals surface area (Å²) in [5, 5.41) is 8.93. The highest BCUT2D eigenvalue weighted by atomic mass is 15.1. The van der Waals surface area contributed by atoms with Gasteiger partial charge in [0.2, 0.25) is 0 Å². The maximum atomic E-state index is 8.93. The maximum absolute atomic E-state index is 8.93. The zero-order valence-electron chi connectivity index (χ0n) is 11.0. The maximum Gasteiger partial charge on any atom is 0.102 e. The van der Waals surface area contributed by atoms with E-state index in [9.17, 15) is 0 Å². The average molecular weight is 243 g/mol. The monoisotopic (exact) mass is 243 g/mol. The van der Waals surface area contributed by atoms with Crippen LogP contribution in [0, 0.1) is 11.3 Å². The summed E-state index contributed by atoms with van der Waals surface area (Å²) >= 11 is 0. The Labute approximate surface area is 109 Å². The zero-order chi connectivity index (χ0) is 13.0. The Morgan fingerprint density at radius 1 is 1.28 bits per heavy atom. The molecule has 1 atom stereocenters. The normalized spacial score (nSPS) is 19.4. The summed E-state index contributed by atoms with van der Waals surface area (Å²) in [5.41, 5.74) is 8.11. The molecule has 0 radical (unpaired) electrons. The predicted molar refractivity (Wildman–Crippen MR) is 73.1 cm³/mol. The van der Waals surface area contributed by atoms with Crippen LogP contribution in [-0.4, -0.2) is 30.1 Å². The van der Waals surface area contributed by atoms with Crippen molar-refractivity contribution in [2.45, 2.75) is 31.7 Å². The molecule has 0 bridgehead atoms. The standard InChI is InChI=1S/C15H21N3/c1-15(17,12-16)8-11-18-9-6-13-4-2-3-5-14(13)7-10-18/h2-5H,6-11,17H2,1H3. The van der Waals surface area contributed by atoms with Gasteiger partial charge in [-0.1, -0.05) is 24.3 Å². The van der Waals surface area contributed by atoms with E-state index in [1.54, 1.807) is 6.92 Å². The smallest absolute Gasteiger partial charge is 0.102 e. The molecule has 0 saturated carbocycles. The molecule has 0 aromatic heterocycles. The van der Waals surface area contributed by atoms with E-state index in [1.807, 2.05) is 0 Å². The molecule has 1 aromatic rings. The van der Waals surface area contributed by atoms with Gasteiger partial charge in [-0.15, -0.1) is 0 Å². The van der Waals surface area contributed by atoms with Crippen molar-refractivity contribution in [2.75, 3.05) is 19.6 Å². The Bertz CT molecular complexity index is 418. The third-order valence-electron chi connectivity index (χ3n) is 3.72. The van der Waals surface area contributed by atoms with Crippen molar-refractivity contribution < 1.29 is 0 Å². The number of fused-ring (bicyclic) bond motifs is 1. The minimum atomic E-state index is -0.695. The molecule has 0 amide bonds. The fourth-order valence-corrected chi connectivity index (χ4v) is 2.38. The molecule has 0 saturated heterocycles. The van der Waals surface area contributed by atoms with Crippen LogP contribution in [0.5, 0.6) is 0 Å². The third-order valence-corrected chi connectivity index (χ3v) is 3.72. The highest BCUT2D eigenvalue weighted by molar-refractivity contribution is 5.28. The summed E-state index contributed by atoms with van der Waals surface area (Å²) in [6.45, 7) is 4.85. The molecule has 96 valence electrons. The van der Waals surface area contributed by atoms with Crippen LogP contribution < -0.4 is 5.73 Å². The molecule has 2 rings (SSSR count). The largest absolute Gasteiger partial charge is 0.314 e. The number of hydrogen-bond acceptors (Lipinski definition) is 3. The van der Waals surface area contributed by atoms with Crippen molar-refractivity contribution >= 4 is 0 Å². The first-order valence-electron chi connectivity index (χ1n) is 6.60. The lowest BCUT2D eigenvalue weighted by Crippen LogP contribution is -2.39. The Balaban J connectivity index is 1.91. The van der Waals surface area contributed by atoms with Crippen LogP contribution in [0.25, 0.3) is 0 Å². The fourth-order valence-electron chi connectivity index (χ4n) is 2.38. The molecule has 1 aromatic carbocycles.